The zero-order valence-corrected chi connectivity index (χ0v) is 15.1. The Morgan fingerprint density at radius 3 is 2.45 bits per heavy atom. The second-order valence-electron chi connectivity index (χ2n) is 4.72. The molecule has 0 amide bonds. The molecule has 2 aromatic rings. The first kappa shape index (κ1) is 16.0. The number of benzene rings is 2. The molecule has 0 spiro atoms. The minimum atomic E-state index is 0.310. The van der Waals surface area contributed by atoms with Gasteiger partial charge in [0.05, 0.1) is 0 Å². The summed E-state index contributed by atoms with van der Waals surface area (Å²) in [6.45, 7) is 3.11. The summed E-state index contributed by atoms with van der Waals surface area (Å²) in [5, 5.41) is 4.33. The van der Waals surface area contributed by atoms with Crippen LogP contribution in [0.1, 0.15) is 24.1 Å². The number of rotatable bonds is 5. The first-order valence-corrected chi connectivity index (χ1v) is 8.45. The van der Waals surface area contributed by atoms with E-state index < -0.39 is 0 Å². The van der Waals surface area contributed by atoms with Gasteiger partial charge in [0, 0.05) is 20.0 Å². The highest BCUT2D eigenvalue weighted by Gasteiger charge is 2.08. The van der Waals surface area contributed by atoms with Crippen molar-refractivity contribution in [2.75, 3.05) is 6.54 Å². The van der Waals surface area contributed by atoms with Crippen LogP contribution in [0.25, 0.3) is 0 Å². The first-order valence-electron chi connectivity index (χ1n) is 6.49. The largest absolute Gasteiger partial charge is 0.310 e. The molecule has 0 bridgehead atoms. The van der Waals surface area contributed by atoms with Crippen LogP contribution in [0.2, 0.25) is 5.02 Å². The zero-order chi connectivity index (χ0) is 14.5. The van der Waals surface area contributed by atoms with Crippen molar-refractivity contribution in [1.82, 2.24) is 5.32 Å². The number of hydrogen-bond donors (Lipinski definition) is 1. The van der Waals surface area contributed by atoms with Crippen molar-refractivity contribution in [2.24, 2.45) is 0 Å². The Bertz CT molecular complexity index is 569. The molecule has 1 atom stereocenters. The van der Waals surface area contributed by atoms with E-state index in [1.807, 2.05) is 12.1 Å². The molecule has 0 aliphatic rings. The van der Waals surface area contributed by atoms with Crippen LogP contribution in [-0.4, -0.2) is 6.54 Å². The molecule has 0 saturated carbocycles. The molecule has 2 rings (SSSR count). The van der Waals surface area contributed by atoms with Crippen LogP contribution in [0.15, 0.2) is 51.4 Å². The van der Waals surface area contributed by atoms with E-state index in [1.165, 1.54) is 11.1 Å². The molecule has 1 nitrogen and oxygen atoms in total. The highest BCUT2D eigenvalue weighted by Crippen LogP contribution is 2.26. The summed E-state index contributed by atoms with van der Waals surface area (Å²) in [6, 6.07) is 14.6. The highest BCUT2D eigenvalue weighted by molar-refractivity contribution is 9.11. The van der Waals surface area contributed by atoms with Crippen molar-refractivity contribution < 1.29 is 0 Å². The van der Waals surface area contributed by atoms with E-state index in [1.54, 1.807) is 0 Å². The fraction of sp³-hybridized carbons (Fsp3) is 0.250. The lowest BCUT2D eigenvalue weighted by Gasteiger charge is -2.16. The Morgan fingerprint density at radius 1 is 1.10 bits per heavy atom. The maximum atomic E-state index is 5.88. The molecule has 0 aliphatic heterocycles. The summed E-state index contributed by atoms with van der Waals surface area (Å²) in [5.41, 5.74) is 2.56. The summed E-state index contributed by atoms with van der Waals surface area (Å²) in [4.78, 5) is 0. The van der Waals surface area contributed by atoms with E-state index in [0.29, 0.717) is 6.04 Å². The van der Waals surface area contributed by atoms with E-state index >= 15 is 0 Å². The van der Waals surface area contributed by atoms with E-state index in [4.69, 9.17) is 11.6 Å². The maximum absolute atomic E-state index is 5.88. The van der Waals surface area contributed by atoms with Gasteiger partial charge in [-0.05, 0) is 55.3 Å². The monoisotopic (exact) mass is 415 g/mol. The molecular weight excluding hydrogens is 401 g/mol. The van der Waals surface area contributed by atoms with Crippen LogP contribution in [0.4, 0.5) is 0 Å². The molecule has 4 heteroatoms. The third-order valence-corrected chi connectivity index (χ3v) is 4.64. The summed E-state index contributed by atoms with van der Waals surface area (Å²) >= 11 is 13.0. The van der Waals surface area contributed by atoms with Gasteiger partial charge in [-0.25, -0.2) is 0 Å². The normalized spacial score (nSPS) is 12.4. The van der Waals surface area contributed by atoms with Crippen molar-refractivity contribution in [3.05, 3.63) is 67.6 Å². The summed E-state index contributed by atoms with van der Waals surface area (Å²) in [7, 11) is 0. The van der Waals surface area contributed by atoms with Crippen LogP contribution in [0, 0.1) is 0 Å². The van der Waals surface area contributed by atoms with E-state index in [9.17, 15) is 0 Å². The predicted octanol–water partition coefficient (Wildman–Crippen LogP) is 5.76. The van der Waals surface area contributed by atoms with Crippen LogP contribution < -0.4 is 5.32 Å². The quantitative estimate of drug-likeness (QED) is 0.652. The highest BCUT2D eigenvalue weighted by atomic mass is 79.9. The molecule has 0 aliphatic carbocycles. The molecule has 0 heterocycles. The molecule has 0 radical (unpaired) electrons. The maximum Gasteiger partial charge on any atom is 0.0406 e. The lowest BCUT2D eigenvalue weighted by atomic mass is 10.1. The van der Waals surface area contributed by atoms with Crippen LogP contribution in [0.3, 0.4) is 0 Å². The van der Waals surface area contributed by atoms with Gasteiger partial charge < -0.3 is 5.32 Å². The summed E-state index contributed by atoms with van der Waals surface area (Å²) in [6.07, 6.45) is 0.996. The van der Waals surface area contributed by atoms with Crippen LogP contribution in [-0.2, 0) is 6.42 Å². The van der Waals surface area contributed by atoms with Gasteiger partial charge >= 0.3 is 0 Å². The zero-order valence-electron chi connectivity index (χ0n) is 11.2. The van der Waals surface area contributed by atoms with Gasteiger partial charge in [-0.1, -0.05) is 61.7 Å². The third kappa shape index (κ3) is 4.59. The van der Waals surface area contributed by atoms with Gasteiger partial charge in [0.2, 0.25) is 0 Å². The molecular formula is C16H16Br2ClN. The van der Waals surface area contributed by atoms with Crippen LogP contribution in [0.5, 0.6) is 0 Å². The molecule has 0 saturated heterocycles. The average molecular weight is 418 g/mol. The standard InChI is InChI=1S/C16H16Br2ClN/c1-11(15-7-4-13(17)10-16(15)18)20-9-8-12-2-5-14(19)6-3-12/h2-7,10-11,20H,8-9H2,1H3. The lowest BCUT2D eigenvalue weighted by Crippen LogP contribution is -2.21. The topological polar surface area (TPSA) is 12.0 Å². The Morgan fingerprint density at radius 2 is 1.80 bits per heavy atom. The second kappa shape index (κ2) is 7.60. The minimum Gasteiger partial charge on any atom is -0.310 e. The van der Waals surface area contributed by atoms with Crippen molar-refractivity contribution in [3.8, 4) is 0 Å². The fourth-order valence-electron chi connectivity index (χ4n) is 2.05. The number of hydrogen-bond acceptors (Lipinski definition) is 1. The Kier molecular flexibility index (Phi) is 6.09. The van der Waals surface area contributed by atoms with Crippen molar-refractivity contribution in [1.29, 1.82) is 0 Å². The molecule has 106 valence electrons. The average Bonchev–Trinajstić information content (AvgIpc) is 2.41. The molecule has 2 aromatic carbocycles. The number of halogens is 3. The van der Waals surface area contributed by atoms with Crippen molar-refractivity contribution in [2.45, 2.75) is 19.4 Å². The smallest absolute Gasteiger partial charge is 0.0406 e. The van der Waals surface area contributed by atoms with Crippen LogP contribution >= 0.6 is 43.5 Å². The van der Waals surface area contributed by atoms with Gasteiger partial charge in [-0.15, -0.1) is 0 Å². The lowest BCUT2D eigenvalue weighted by molar-refractivity contribution is 0.575. The number of nitrogens with one attached hydrogen (secondary N) is 1. The van der Waals surface area contributed by atoms with E-state index in [0.717, 1.165) is 26.9 Å². The van der Waals surface area contributed by atoms with Gasteiger partial charge in [-0.2, -0.15) is 0 Å². The van der Waals surface area contributed by atoms with Gasteiger partial charge in [0.15, 0.2) is 0 Å². The molecule has 1 N–H and O–H groups in total. The van der Waals surface area contributed by atoms with E-state index in [2.05, 4.69) is 74.4 Å². The molecule has 0 fully saturated rings. The predicted molar refractivity (Wildman–Crippen MR) is 93.4 cm³/mol. The molecule has 1 unspecified atom stereocenters. The SMILES string of the molecule is CC(NCCc1ccc(Cl)cc1)c1ccc(Br)cc1Br. The van der Waals surface area contributed by atoms with Crippen molar-refractivity contribution >= 4 is 43.5 Å². The molecule has 0 aromatic heterocycles. The molecule has 20 heavy (non-hydrogen) atoms. The fourth-order valence-corrected chi connectivity index (χ4v) is 3.56. The van der Waals surface area contributed by atoms with Crippen molar-refractivity contribution in [3.63, 3.8) is 0 Å². The van der Waals surface area contributed by atoms with Gasteiger partial charge in [0.25, 0.3) is 0 Å². The Labute approximate surface area is 142 Å². The first-order chi connectivity index (χ1) is 9.56. The third-order valence-electron chi connectivity index (χ3n) is 3.21. The summed E-state index contributed by atoms with van der Waals surface area (Å²) in [5.74, 6) is 0. The minimum absolute atomic E-state index is 0.310. The van der Waals surface area contributed by atoms with E-state index in [-0.39, 0.29) is 0 Å². The second-order valence-corrected chi connectivity index (χ2v) is 6.92. The van der Waals surface area contributed by atoms with Gasteiger partial charge in [0.1, 0.15) is 0 Å². The Balaban J connectivity index is 1.88. The Hall–Kier alpha value is -0.350. The summed E-state index contributed by atoms with van der Waals surface area (Å²) < 4.78 is 2.21. The van der Waals surface area contributed by atoms with Gasteiger partial charge in [-0.3, -0.25) is 0 Å².